The van der Waals surface area contributed by atoms with Crippen LogP contribution in [0, 0.1) is 6.92 Å². The van der Waals surface area contributed by atoms with Crippen molar-refractivity contribution in [3.8, 4) is 0 Å². The maximum absolute atomic E-state index is 13.8. The Morgan fingerprint density at radius 3 is 2.49 bits per heavy atom. The summed E-state index contributed by atoms with van der Waals surface area (Å²) in [5.74, 6) is -0.230. The number of carbonyl (C=O) groups is 3. The van der Waals surface area contributed by atoms with Crippen LogP contribution >= 0.6 is 0 Å². The van der Waals surface area contributed by atoms with Crippen LogP contribution in [-0.2, 0) is 14.3 Å². The van der Waals surface area contributed by atoms with Gasteiger partial charge in [0.05, 0.1) is 12.8 Å². The molecule has 2 N–H and O–H groups in total. The van der Waals surface area contributed by atoms with Crippen LogP contribution < -0.4 is 15.5 Å². The standard InChI is InChI=1S/C28H35N5O4/c1-21-8-5-6-12-24(21)30-27(36)31-15-13-28(14-16-31)26(35)32(20-33(28)22-9-3-2-4-10-22)19-25(34)29-18-23-11-7-17-37-23/h2-6,8-10,12,23H,7,11,13-20H2,1H3,(H,29,34)(H,30,36)/t23-/m1/s1. The van der Waals surface area contributed by atoms with Gasteiger partial charge >= 0.3 is 6.03 Å². The lowest BCUT2D eigenvalue weighted by Gasteiger charge is -2.43. The Morgan fingerprint density at radius 2 is 1.78 bits per heavy atom. The van der Waals surface area contributed by atoms with E-state index in [2.05, 4.69) is 15.5 Å². The molecule has 2 aromatic rings. The highest BCUT2D eigenvalue weighted by atomic mass is 16.5. The molecule has 0 radical (unpaired) electrons. The predicted octanol–water partition coefficient (Wildman–Crippen LogP) is 2.96. The van der Waals surface area contributed by atoms with Gasteiger partial charge in [0.15, 0.2) is 0 Å². The average Bonchev–Trinajstić information content (AvgIpc) is 3.53. The highest BCUT2D eigenvalue weighted by molar-refractivity contribution is 5.97. The van der Waals surface area contributed by atoms with Crippen LogP contribution in [0.15, 0.2) is 54.6 Å². The Balaban J connectivity index is 1.27. The second-order valence-corrected chi connectivity index (χ2v) is 10.1. The van der Waals surface area contributed by atoms with Crippen molar-refractivity contribution in [2.24, 2.45) is 0 Å². The van der Waals surface area contributed by atoms with Crippen LogP contribution in [0.4, 0.5) is 16.2 Å². The topological polar surface area (TPSA) is 94.2 Å². The highest BCUT2D eigenvalue weighted by Gasteiger charge is 2.54. The number of para-hydroxylation sites is 2. The molecule has 3 aliphatic heterocycles. The number of benzene rings is 2. The third-order valence-corrected chi connectivity index (χ3v) is 7.73. The molecular weight excluding hydrogens is 470 g/mol. The zero-order chi connectivity index (χ0) is 25.8. The van der Waals surface area contributed by atoms with Gasteiger partial charge in [-0.1, -0.05) is 36.4 Å². The SMILES string of the molecule is Cc1ccccc1NC(=O)N1CCC2(CC1)C(=O)N(CC(=O)NC[C@H]1CCCO1)CN2c1ccccc1. The number of ether oxygens (including phenoxy) is 1. The number of hydrogen-bond acceptors (Lipinski definition) is 5. The number of nitrogens with one attached hydrogen (secondary N) is 2. The first-order chi connectivity index (χ1) is 18.0. The number of piperidine rings is 1. The highest BCUT2D eigenvalue weighted by Crippen LogP contribution is 2.39. The molecule has 3 fully saturated rings. The van der Waals surface area contributed by atoms with Gasteiger partial charge in [-0.05, 0) is 56.4 Å². The quantitative estimate of drug-likeness (QED) is 0.630. The summed E-state index contributed by atoms with van der Waals surface area (Å²) in [4.78, 5) is 45.1. The number of nitrogens with zero attached hydrogens (tertiary/aromatic N) is 3. The molecule has 9 heteroatoms. The van der Waals surface area contributed by atoms with E-state index in [4.69, 9.17) is 4.74 Å². The Labute approximate surface area is 217 Å². The van der Waals surface area contributed by atoms with Crippen LogP contribution in [0.2, 0.25) is 0 Å². The Bertz CT molecular complexity index is 1130. The average molecular weight is 506 g/mol. The minimum atomic E-state index is -0.782. The van der Waals surface area contributed by atoms with E-state index in [9.17, 15) is 14.4 Å². The fraction of sp³-hybridized carbons (Fsp3) is 0.464. The van der Waals surface area contributed by atoms with Crippen LogP contribution in [-0.4, -0.2) is 78.7 Å². The lowest BCUT2D eigenvalue weighted by molar-refractivity contribution is -0.137. The second-order valence-electron chi connectivity index (χ2n) is 10.1. The summed E-state index contributed by atoms with van der Waals surface area (Å²) in [6.07, 6.45) is 3.01. The third kappa shape index (κ3) is 5.27. The van der Waals surface area contributed by atoms with E-state index in [0.717, 1.165) is 36.4 Å². The molecule has 1 spiro atoms. The minimum Gasteiger partial charge on any atom is -0.376 e. The van der Waals surface area contributed by atoms with Crippen molar-refractivity contribution in [3.63, 3.8) is 0 Å². The molecule has 4 amide bonds. The molecule has 3 aliphatic rings. The molecule has 5 rings (SSSR count). The predicted molar refractivity (Wildman–Crippen MR) is 141 cm³/mol. The summed E-state index contributed by atoms with van der Waals surface area (Å²) in [7, 11) is 0. The molecule has 1 atom stereocenters. The molecule has 9 nitrogen and oxygen atoms in total. The number of hydrogen-bond donors (Lipinski definition) is 2. The lowest BCUT2D eigenvalue weighted by Crippen LogP contribution is -2.58. The first-order valence-corrected chi connectivity index (χ1v) is 13.1. The van der Waals surface area contributed by atoms with Gasteiger partial charge in [-0.2, -0.15) is 0 Å². The monoisotopic (exact) mass is 505 g/mol. The summed E-state index contributed by atoms with van der Waals surface area (Å²) >= 11 is 0. The van der Waals surface area contributed by atoms with E-state index in [1.165, 1.54) is 0 Å². The minimum absolute atomic E-state index is 0.00806. The number of rotatable bonds is 6. The van der Waals surface area contributed by atoms with Gasteiger partial charge in [0.1, 0.15) is 12.1 Å². The zero-order valence-electron chi connectivity index (χ0n) is 21.3. The van der Waals surface area contributed by atoms with E-state index in [0.29, 0.717) is 39.1 Å². The molecule has 0 bridgehead atoms. The number of anilines is 2. The van der Waals surface area contributed by atoms with Crippen molar-refractivity contribution >= 4 is 29.2 Å². The van der Waals surface area contributed by atoms with Crippen molar-refractivity contribution in [3.05, 3.63) is 60.2 Å². The molecule has 37 heavy (non-hydrogen) atoms. The van der Waals surface area contributed by atoms with Crippen molar-refractivity contribution in [2.45, 2.75) is 44.2 Å². The van der Waals surface area contributed by atoms with Crippen molar-refractivity contribution in [1.82, 2.24) is 15.1 Å². The molecule has 2 aromatic carbocycles. The van der Waals surface area contributed by atoms with Gasteiger partial charge < -0.3 is 30.1 Å². The molecular formula is C28H35N5O4. The largest absolute Gasteiger partial charge is 0.376 e. The number of carbonyl (C=O) groups excluding carboxylic acids is 3. The smallest absolute Gasteiger partial charge is 0.321 e. The summed E-state index contributed by atoms with van der Waals surface area (Å²) in [5, 5.41) is 5.93. The summed E-state index contributed by atoms with van der Waals surface area (Å²) in [5.41, 5.74) is 1.95. The van der Waals surface area contributed by atoms with Gasteiger partial charge in [0.2, 0.25) is 5.91 Å². The number of urea groups is 1. The summed E-state index contributed by atoms with van der Waals surface area (Å²) in [6.45, 7) is 4.41. The Morgan fingerprint density at radius 1 is 1.05 bits per heavy atom. The first-order valence-electron chi connectivity index (χ1n) is 13.1. The Kier molecular flexibility index (Phi) is 7.32. The number of likely N-dealkylation sites (tertiary alicyclic amines) is 1. The van der Waals surface area contributed by atoms with E-state index in [-0.39, 0.29) is 30.5 Å². The fourth-order valence-corrected chi connectivity index (χ4v) is 5.57. The van der Waals surface area contributed by atoms with Crippen LogP contribution in [0.1, 0.15) is 31.2 Å². The molecule has 0 unspecified atom stereocenters. The zero-order valence-corrected chi connectivity index (χ0v) is 21.3. The van der Waals surface area contributed by atoms with Crippen LogP contribution in [0.25, 0.3) is 0 Å². The fourth-order valence-electron chi connectivity index (χ4n) is 5.57. The van der Waals surface area contributed by atoms with E-state index >= 15 is 0 Å². The second kappa shape index (κ2) is 10.8. The van der Waals surface area contributed by atoms with Crippen LogP contribution in [0.3, 0.4) is 0 Å². The molecule has 3 saturated heterocycles. The van der Waals surface area contributed by atoms with Gasteiger partial charge in [-0.3, -0.25) is 9.59 Å². The van der Waals surface area contributed by atoms with Gasteiger partial charge in [0.25, 0.3) is 5.91 Å². The maximum Gasteiger partial charge on any atom is 0.321 e. The van der Waals surface area contributed by atoms with E-state index in [1.807, 2.05) is 61.5 Å². The molecule has 196 valence electrons. The third-order valence-electron chi connectivity index (χ3n) is 7.73. The molecule has 3 heterocycles. The van der Waals surface area contributed by atoms with E-state index in [1.54, 1.807) is 9.80 Å². The van der Waals surface area contributed by atoms with Gasteiger partial charge in [-0.25, -0.2) is 4.79 Å². The van der Waals surface area contributed by atoms with Crippen LogP contribution in [0.5, 0.6) is 0 Å². The maximum atomic E-state index is 13.8. The van der Waals surface area contributed by atoms with Crippen molar-refractivity contribution in [2.75, 3.05) is 49.7 Å². The van der Waals surface area contributed by atoms with Crippen molar-refractivity contribution < 1.29 is 19.1 Å². The van der Waals surface area contributed by atoms with Gasteiger partial charge in [0, 0.05) is 37.6 Å². The number of aryl methyl sites for hydroxylation is 1. The summed E-state index contributed by atoms with van der Waals surface area (Å²) in [6, 6.07) is 17.4. The van der Waals surface area contributed by atoms with Gasteiger partial charge in [-0.15, -0.1) is 0 Å². The Hall–Kier alpha value is -3.59. The summed E-state index contributed by atoms with van der Waals surface area (Å²) < 4.78 is 5.59. The first kappa shape index (κ1) is 25.1. The molecule has 0 aliphatic carbocycles. The molecule has 0 aromatic heterocycles. The number of amides is 4. The molecule has 0 saturated carbocycles. The lowest BCUT2D eigenvalue weighted by atomic mass is 9.85. The normalized spacial score (nSPS) is 20.9. The van der Waals surface area contributed by atoms with E-state index < -0.39 is 5.54 Å². The van der Waals surface area contributed by atoms with Crippen molar-refractivity contribution in [1.29, 1.82) is 0 Å².